The number of nitrogen functional groups attached to an aromatic ring is 3. The van der Waals surface area contributed by atoms with Gasteiger partial charge in [0, 0.05) is 28.2 Å². The van der Waals surface area contributed by atoms with Crippen LogP contribution < -0.4 is 17.2 Å². The zero-order valence-electron chi connectivity index (χ0n) is 9.20. The number of benzene rings is 2. The van der Waals surface area contributed by atoms with E-state index in [1.54, 1.807) is 6.07 Å². The lowest BCUT2D eigenvalue weighted by molar-refractivity contribution is 1.47. The average molecular weight is 213 g/mol. The molecular formula is C13H15N3. The van der Waals surface area contributed by atoms with Crippen molar-refractivity contribution in [1.29, 1.82) is 0 Å². The van der Waals surface area contributed by atoms with Crippen molar-refractivity contribution in [2.45, 2.75) is 6.92 Å². The van der Waals surface area contributed by atoms with Crippen LogP contribution in [-0.4, -0.2) is 0 Å². The summed E-state index contributed by atoms with van der Waals surface area (Å²) < 4.78 is 0. The standard InChI is InChI=1S/C13H15N3/c1-8-2-4-10(12(15)6-8)11-5-3-9(14)7-13(11)16/h2-7H,14-16H2,1H3. The molecule has 6 N–H and O–H groups in total. The number of rotatable bonds is 1. The molecule has 2 rings (SSSR count). The lowest BCUT2D eigenvalue weighted by atomic mass is 10.00. The second kappa shape index (κ2) is 3.77. The molecule has 0 aliphatic carbocycles. The minimum absolute atomic E-state index is 0.649. The van der Waals surface area contributed by atoms with E-state index in [9.17, 15) is 0 Å². The first kappa shape index (κ1) is 10.4. The molecule has 3 nitrogen and oxygen atoms in total. The predicted molar refractivity (Wildman–Crippen MR) is 69.9 cm³/mol. The number of nitrogens with two attached hydrogens (primary N) is 3. The first-order valence-electron chi connectivity index (χ1n) is 5.09. The summed E-state index contributed by atoms with van der Waals surface area (Å²) >= 11 is 0. The Morgan fingerprint density at radius 1 is 0.750 bits per heavy atom. The zero-order valence-corrected chi connectivity index (χ0v) is 9.20. The van der Waals surface area contributed by atoms with Crippen molar-refractivity contribution < 1.29 is 0 Å². The predicted octanol–water partition coefficient (Wildman–Crippen LogP) is 2.41. The fourth-order valence-corrected chi connectivity index (χ4v) is 1.75. The van der Waals surface area contributed by atoms with Gasteiger partial charge in [0.1, 0.15) is 0 Å². The van der Waals surface area contributed by atoms with Crippen molar-refractivity contribution in [1.82, 2.24) is 0 Å². The SMILES string of the molecule is Cc1ccc(-c2ccc(N)cc2N)c(N)c1. The van der Waals surface area contributed by atoms with Crippen LogP contribution in [-0.2, 0) is 0 Å². The van der Waals surface area contributed by atoms with Gasteiger partial charge in [0.15, 0.2) is 0 Å². The number of aryl methyl sites for hydroxylation is 1. The molecule has 16 heavy (non-hydrogen) atoms. The van der Waals surface area contributed by atoms with E-state index >= 15 is 0 Å². The van der Waals surface area contributed by atoms with Crippen LogP contribution in [0.1, 0.15) is 5.56 Å². The topological polar surface area (TPSA) is 78.1 Å². The first-order valence-corrected chi connectivity index (χ1v) is 5.09. The van der Waals surface area contributed by atoms with Crippen molar-refractivity contribution in [3.8, 4) is 11.1 Å². The van der Waals surface area contributed by atoms with Gasteiger partial charge in [0.05, 0.1) is 0 Å². The third kappa shape index (κ3) is 1.80. The van der Waals surface area contributed by atoms with Crippen LogP contribution in [0.5, 0.6) is 0 Å². The molecule has 3 heteroatoms. The Labute approximate surface area is 94.9 Å². The molecule has 0 amide bonds. The first-order chi connectivity index (χ1) is 7.58. The lowest BCUT2D eigenvalue weighted by Crippen LogP contribution is -1.96. The Morgan fingerprint density at radius 2 is 1.31 bits per heavy atom. The molecular weight excluding hydrogens is 198 g/mol. The molecule has 0 spiro atoms. The van der Waals surface area contributed by atoms with E-state index in [2.05, 4.69) is 0 Å². The minimum Gasteiger partial charge on any atom is -0.399 e. The summed E-state index contributed by atoms with van der Waals surface area (Å²) in [6.45, 7) is 2.01. The molecule has 82 valence electrons. The number of hydrogen-bond donors (Lipinski definition) is 3. The summed E-state index contributed by atoms with van der Waals surface area (Å²) in [5.41, 5.74) is 22.6. The molecule has 0 aliphatic rings. The Bertz CT molecular complexity index is 483. The molecule has 2 aromatic carbocycles. The Kier molecular flexibility index (Phi) is 2.44. The molecule has 0 aromatic heterocycles. The van der Waals surface area contributed by atoms with Crippen molar-refractivity contribution in [2.75, 3.05) is 17.2 Å². The Balaban J connectivity index is 2.59. The highest BCUT2D eigenvalue weighted by Gasteiger charge is 2.06. The fraction of sp³-hybridized carbons (Fsp3) is 0.0769. The number of anilines is 3. The van der Waals surface area contributed by atoms with Crippen molar-refractivity contribution >= 4 is 17.1 Å². The molecule has 0 bridgehead atoms. The maximum atomic E-state index is 5.97. The molecule has 0 saturated heterocycles. The summed E-state index contributed by atoms with van der Waals surface area (Å²) in [7, 11) is 0. The van der Waals surface area contributed by atoms with Crippen LogP contribution in [0.4, 0.5) is 17.1 Å². The summed E-state index contributed by atoms with van der Waals surface area (Å²) in [6.07, 6.45) is 0. The van der Waals surface area contributed by atoms with Crippen LogP contribution in [0.15, 0.2) is 36.4 Å². The molecule has 2 aromatic rings. The van der Waals surface area contributed by atoms with Gasteiger partial charge in [-0.05, 0) is 30.7 Å². The van der Waals surface area contributed by atoms with Gasteiger partial charge in [-0.1, -0.05) is 18.2 Å². The summed E-state index contributed by atoms with van der Waals surface area (Å²) in [6, 6.07) is 11.4. The van der Waals surface area contributed by atoms with E-state index in [4.69, 9.17) is 17.2 Å². The van der Waals surface area contributed by atoms with E-state index in [0.717, 1.165) is 22.4 Å². The maximum Gasteiger partial charge on any atom is 0.0415 e. The summed E-state index contributed by atoms with van der Waals surface area (Å²) in [5.74, 6) is 0. The molecule has 0 aliphatic heterocycles. The molecule has 0 atom stereocenters. The van der Waals surface area contributed by atoms with Crippen molar-refractivity contribution in [3.63, 3.8) is 0 Å². The normalized spacial score (nSPS) is 10.3. The minimum atomic E-state index is 0.649. The van der Waals surface area contributed by atoms with Gasteiger partial charge in [-0.3, -0.25) is 0 Å². The van der Waals surface area contributed by atoms with E-state index < -0.39 is 0 Å². The smallest absolute Gasteiger partial charge is 0.0415 e. The van der Waals surface area contributed by atoms with Gasteiger partial charge in [0.2, 0.25) is 0 Å². The molecule has 0 unspecified atom stereocenters. The van der Waals surface area contributed by atoms with Gasteiger partial charge in [0.25, 0.3) is 0 Å². The second-order valence-corrected chi connectivity index (χ2v) is 3.94. The van der Waals surface area contributed by atoms with Crippen LogP contribution in [0.2, 0.25) is 0 Å². The Hall–Kier alpha value is -2.16. The Morgan fingerprint density at radius 3 is 1.88 bits per heavy atom. The number of hydrogen-bond acceptors (Lipinski definition) is 3. The van der Waals surface area contributed by atoms with Gasteiger partial charge in [-0.15, -0.1) is 0 Å². The van der Waals surface area contributed by atoms with Crippen LogP contribution in [0.25, 0.3) is 11.1 Å². The third-order valence-corrected chi connectivity index (χ3v) is 2.57. The van der Waals surface area contributed by atoms with Crippen LogP contribution in [0.3, 0.4) is 0 Å². The third-order valence-electron chi connectivity index (χ3n) is 2.57. The van der Waals surface area contributed by atoms with Gasteiger partial charge in [-0.2, -0.15) is 0 Å². The van der Waals surface area contributed by atoms with Crippen molar-refractivity contribution in [3.05, 3.63) is 42.0 Å². The highest BCUT2D eigenvalue weighted by molar-refractivity contribution is 5.85. The van der Waals surface area contributed by atoms with Gasteiger partial charge < -0.3 is 17.2 Å². The highest BCUT2D eigenvalue weighted by Crippen LogP contribution is 2.32. The van der Waals surface area contributed by atoms with E-state index in [1.165, 1.54) is 0 Å². The molecule has 0 radical (unpaired) electrons. The molecule has 0 fully saturated rings. The highest BCUT2D eigenvalue weighted by atomic mass is 14.6. The molecule has 0 heterocycles. The average Bonchev–Trinajstić information content (AvgIpc) is 2.19. The molecule has 0 saturated carbocycles. The monoisotopic (exact) mass is 213 g/mol. The zero-order chi connectivity index (χ0) is 11.7. The maximum absolute atomic E-state index is 5.97. The van der Waals surface area contributed by atoms with Gasteiger partial charge in [-0.25, -0.2) is 0 Å². The van der Waals surface area contributed by atoms with Crippen molar-refractivity contribution in [2.24, 2.45) is 0 Å². The summed E-state index contributed by atoms with van der Waals surface area (Å²) in [5, 5.41) is 0. The second-order valence-electron chi connectivity index (χ2n) is 3.94. The van der Waals surface area contributed by atoms with Crippen LogP contribution in [0, 0.1) is 6.92 Å². The quantitative estimate of drug-likeness (QED) is 0.636. The van der Waals surface area contributed by atoms with Crippen LogP contribution >= 0.6 is 0 Å². The summed E-state index contributed by atoms with van der Waals surface area (Å²) in [4.78, 5) is 0. The largest absolute Gasteiger partial charge is 0.399 e. The lowest BCUT2D eigenvalue weighted by Gasteiger charge is -2.10. The van der Waals surface area contributed by atoms with E-state index in [-0.39, 0.29) is 0 Å². The fourth-order valence-electron chi connectivity index (χ4n) is 1.75. The van der Waals surface area contributed by atoms with E-state index in [1.807, 2.05) is 37.3 Å². The van der Waals surface area contributed by atoms with E-state index in [0.29, 0.717) is 11.4 Å². The van der Waals surface area contributed by atoms with Gasteiger partial charge >= 0.3 is 0 Å².